The molecule has 0 amide bonds. The molecule has 1 aliphatic rings. The normalized spacial score (nSPS) is 16.7. The van der Waals surface area contributed by atoms with E-state index in [0.717, 1.165) is 57.8 Å². The highest BCUT2D eigenvalue weighted by atomic mass is 31.2. The van der Waals surface area contributed by atoms with Gasteiger partial charge < -0.3 is 24.0 Å². The summed E-state index contributed by atoms with van der Waals surface area (Å²) < 4.78 is 32.0. The van der Waals surface area contributed by atoms with Crippen LogP contribution in [0.15, 0.2) is 72.9 Å². The second-order valence-electron chi connectivity index (χ2n) is 15.0. The molecule has 1 fully saturated rings. The number of epoxide rings is 1. The Kier molecular flexibility index (Phi) is 34.7. The van der Waals surface area contributed by atoms with Crippen molar-refractivity contribution in [1.82, 2.24) is 0 Å². The van der Waals surface area contributed by atoms with E-state index in [1.807, 2.05) is 12.2 Å². The Balaban J connectivity index is 2.09. The van der Waals surface area contributed by atoms with E-state index < -0.39 is 32.5 Å². The van der Waals surface area contributed by atoms with Crippen LogP contribution in [0.1, 0.15) is 181 Å². The molecular formula is C47H79O9P. The van der Waals surface area contributed by atoms with Crippen LogP contribution in [-0.2, 0) is 32.9 Å². The van der Waals surface area contributed by atoms with E-state index in [0.29, 0.717) is 25.0 Å². The zero-order valence-corrected chi connectivity index (χ0v) is 36.6. The molecule has 1 aliphatic heterocycles. The summed E-state index contributed by atoms with van der Waals surface area (Å²) in [6.07, 6.45) is 52.5. The van der Waals surface area contributed by atoms with Gasteiger partial charge in [0, 0.05) is 12.8 Å². The Labute approximate surface area is 346 Å². The van der Waals surface area contributed by atoms with Gasteiger partial charge in [0.2, 0.25) is 0 Å². The zero-order chi connectivity index (χ0) is 41.5. The first-order valence-corrected chi connectivity index (χ1v) is 23.9. The van der Waals surface area contributed by atoms with Crippen LogP contribution >= 0.6 is 7.82 Å². The second kappa shape index (κ2) is 37.7. The predicted molar refractivity (Wildman–Crippen MR) is 234 cm³/mol. The van der Waals surface area contributed by atoms with Crippen LogP contribution in [0.25, 0.3) is 0 Å². The summed E-state index contributed by atoms with van der Waals surface area (Å²) in [6.45, 7) is 3.50. The van der Waals surface area contributed by atoms with Crippen molar-refractivity contribution in [1.29, 1.82) is 0 Å². The molecule has 0 bridgehead atoms. The Morgan fingerprint density at radius 2 is 1.04 bits per heavy atom. The summed E-state index contributed by atoms with van der Waals surface area (Å²) in [5, 5.41) is 0. The third-order valence-corrected chi connectivity index (χ3v) is 10.1. The first-order valence-electron chi connectivity index (χ1n) is 22.4. The van der Waals surface area contributed by atoms with Crippen LogP contribution in [0.3, 0.4) is 0 Å². The fourth-order valence-electron chi connectivity index (χ4n) is 6.20. The van der Waals surface area contributed by atoms with Crippen LogP contribution in [0.4, 0.5) is 0 Å². The molecule has 1 saturated heterocycles. The number of hydrogen-bond donors (Lipinski definition) is 2. The number of rotatable bonds is 39. The van der Waals surface area contributed by atoms with Crippen molar-refractivity contribution in [3.8, 4) is 0 Å². The topological polar surface area (TPSA) is 132 Å². The van der Waals surface area contributed by atoms with Crippen molar-refractivity contribution in [3.05, 3.63) is 72.9 Å². The van der Waals surface area contributed by atoms with Crippen LogP contribution in [0, 0.1) is 0 Å². The van der Waals surface area contributed by atoms with E-state index in [4.69, 9.17) is 24.0 Å². The van der Waals surface area contributed by atoms with E-state index in [9.17, 15) is 14.2 Å². The highest BCUT2D eigenvalue weighted by Gasteiger charge is 2.35. The number of unbranched alkanes of at least 4 members (excludes halogenated alkanes) is 15. The highest BCUT2D eigenvalue weighted by Crippen LogP contribution is 2.36. The number of phosphoric ester groups is 1. The molecule has 0 saturated carbocycles. The molecule has 0 radical (unpaired) electrons. The maximum atomic E-state index is 12.4. The SMILES string of the molecule is CC/C=C\CC1OC1C/C=C\C/C=C\C/C=C\C/C=C\CCC(=O)O[C@H](COC(=O)CCCCCCCCCCC/C=C\CCCCCCCC)COP(=O)(O)O. The zero-order valence-electron chi connectivity index (χ0n) is 35.7. The Bertz CT molecular complexity index is 1220. The summed E-state index contributed by atoms with van der Waals surface area (Å²) in [7, 11) is -4.78. The van der Waals surface area contributed by atoms with Gasteiger partial charge in [-0.25, -0.2) is 4.57 Å². The van der Waals surface area contributed by atoms with Crippen LogP contribution < -0.4 is 0 Å². The van der Waals surface area contributed by atoms with E-state index in [1.165, 1.54) is 83.5 Å². The summed E-state index contributed by atoms with van der Waals surface area (Å²) in [5.41, 5.74) is 0. The third kappa shape index (κ3) is 37.5. The van der Waals surface area contributed by atoms with Crippen LogP contribution in [-0.4, -0.2) is 53.3 Å². The molecule has 2 unspecified atom stereocenters. The first kappa shape index (κ1) is 52.5. The highest BCUT2D eigenvalue weighted by molar-refractivity contribution is 7.46. The number of ether oxygens (including phenoxy) is 3. The fourth-order valence-corrected chi connectivity index (χ4v) is 6.56. The molecular weight excluding hydrogens is 739 g/mol. The van der Waals surface area contributed by atoms with Gasteiger partial charge in [-0.1, -0.05) is 164 Å². The van der Waals surface area contributed by atoms with Gasteiger partial charge in [0.05, 0.1) is 18.8 Å². The molecule has 10 heteroatoms. The van der Waals surface area contributed by atoms with Crippen molar-refractivity contribution in [2.45, 2.75) is 199 Å². The van der Waals surface area contributed by atoms with Gasteiger partial charge in [-0.15, -0.1) is 0 Å². The van der Waals surface area contributed by atoms with Gasteiger partial charge in [0.25, 0.3) is 0 Å². The Morgan fingerprint density at radius 1 is 0.561 bits per heavy atom. The lowest BCUT2D eigenvalue weighted by Gasteiger charge is -2.18. The standard InChI is InChI=1S/C47H79O9P/c1-3-5-7-8-9-10-11-12-13-14-15-16-17-18-22-25-28-31-35-39-46(48)53-41-43(42-54-57(50,51)52)55-47(49)40-36-32-29-26-23-20-19-21-24-27-30-34-38-45-44(56-45)37-33-6-4-2/h6,12-13,20-21,23-24,29-30,32-34,43-45H,3-5,7-11,14-19,22,25-28,31,35-42H2,1-2H3,(H2,50,51,52)/b13-12-,23-20-,24-21-,32-29-,33-6-,34-30-/t43-,44?,45?/m1/s1. The molecule has 0 aliphatic carbocycles. The van der Waals surface area contributed by atoms with Crippen molar-refractivity contribution in [2.24, 2.45) is 0 Å². The van der Waals surface area contributed by atoms with Crippen molar-refractivity contribution in [3.63, 3.8) is 0 Å². The van der Waals surface area contributed by atoms with Crippen LogP contribution in [0.2, 0.25) is 0 Å². The third-order valence-electron chi connectivity index (χ3n) is 9.62. The molecule has 2 N–H and O–H groups in total. The number of allylic oxidation sites excluding steroid dienone is 10. The summed E-state index contributed by atoms with van der Waals surface area (Å²) in [5.74, 6) is -0.991. The smallest absolute Gasteiger partial charge is 0.462 e. The summed E-state index contributed by atoms with van der Waals surface area (Å²) >= 11 is 0. The minimum atomic E-state index is -4.78. The molecule has 326 valence electrons. The summed E-state index contributed by atoms with van der Waals surface area (Å²) in [4.78, 5) is 42.9. The maximum absolute atomic E-state index is 12.4. The lowest BCUT2D eigenvalue weighted by molar-refractivity contribution is -0.161. The maximum Gasteiger partial charge on any atom is 0.469 e. The first-order chi connectivity index (χ1) is 27.7. The van der Waals surface area contributed by atoms with Gasteiger partial charge in [-0.2, -0.15) is 0 Å². The van der Waals surface area contributed by atoms with E-state index in [1.54, 1.807) is 0 Å². The second-order valence-corrected chi connectivity index (χ2v) is 16.3. The minimum absolute atomic E-state index is 0.0803. The summed E-state index contributed by atoms with van der Waals surface area (Å²) in [6, 6.07) is 0. The number of hydrogen-bond acceptors (Lipinski definition) is 7. The Hall–Kier alpha value is -2.55. The largest absolute Gasteiger partial charge is 0.469 e. The molecule has 0 aromatic carbocycles. The number of esters is 2. The average molecular weight is 819 g/mol. The van der Waals surface area contributed by atoms with Crippen molar-refractivity contribution in [2.75, 3.05) is 13.2 Å². The number of carbonyl (C=O) groups is 2. The van der Waals surface area contributed by atoms with Gasteiger partial charge in [0.1, 0.15) is 6.61 Å². The molecule has 57 heavy (non-hydrogen) atoms. The van der Waals surface area contributed by atoms with Gasteiger partial charge in [-0.3, -0.25) is 14.1 Å². The molecule has 0 aromatic rings. The van der Waals surface area contributed by atoms with E-state index in [2.05, 4.69) is 79.1 Å². The molecule has 1 heterocycles. The molecule has 0 aromatic heterocycles. The van der Waals surface area contributed by atoms with Gasteiger partial charge in [0.15, 0.2) is 6.10 Å². The minimum Gasteiger partial charge on any atom is -0.462 e. The molecule has 0 spiro atoms. The van der Waals surface area contributed by atoms with E-state index in [-0.39, 0.29) is 19.4 Å². The van der Waals surface area contributed by atoms with Gasteiger partial charge in [-0.05, 0) is 77.0 Å². The van der Waals surface area contributed by atoms with Crippen LogP contribution in [0.5, 0.6) is 0 Å². The monoisotopic (exact) mass is 819 g/mol. The molecule has 1 rings (SSSR count). The fraction of sp³-hybridized carbons (Fsp3) is 0.702. The lowest BCUT2D eigenvalue weighted by atomic mass is 10.1. The quantitative estimate of drug-likeness (QED) is 0.0204. The number of carbonyl (C=O) groups excluding carboxylic acids is 2. The van der Waals surface area contributed by atoms with Crippen molar-refractivity contribution < 1.29 is 42.7 Å². The predicted octanol–water partition coefficient (Wildman–Crippen LogP) is 12.8. The van der Waals surface area contributed by atoms with Crippen molar-refractivity contribution >= 4 is 19.8 Å². The number of phosphoric acid groups is 1. The Morgan fingerprint density at radius 3 is 1.58 bits per heavy atom. The lowest BCUT2D eigenvalue weighted by Crippen LogP contribution is -2.29. The molecule has 3 atom stereocenters. The van der Waals surface area contributed by atoms with E-state index >= 15 is 0 Å². The average Bonchev–Trinajstić information content (AvgIpc) is 3.94. The molecule has 9 nitrogen and oxygen atoms in total. The van der Waals surface area contributed by atoms with Gasteiger partial charge >= 0.3 is 19.8 Å².